The molecule has 0 spiro atoms. The zero-order chi connectivity index (χ0) is 13.8. The van der Waals surface area contributed by atoms with Crippen molar-refractivity contribution in [1.29, 1.82) is 0 Å². The number of rotatable bonds is 6. The molecule has 1 aliphatic rings. The normalized spacial score (nSPS) is 15.1. The Morgan fingerprint density at radius 3 is 2.68 bits per heavy atom. The highest BCUT2D eigenvalue weighted by atomic mass is 16.6. The molecule has 0 amide bonds. The van der Waals surface area contributed by atoms with Crippen molar-refractivity contribution in [3.63, 3.8) is 0 Å². The van der Waals surface area contributed by atoms with Crippen LogP contribution in [0, 0.1) is 16.0 Å². The largest absolute Gasteiger partial charge is 0.392 e. The zero-order valence-corrected chi connectivity index (χ0v) is 11.2. The van der Waals surface area contributed by atoms with Crippen molar-refractivity contribution in [2.75, 3.05) is 18.0 Å². The minimum atomic E-state index is -0.363. The molecule has 0 heterocycles. The Labute approximate surface area is 113 Å². The summed E-state index contributed by atoms with van der Waals surface area (Å²) in [4.78, 5) is 12.9. The zero-order valence-electron chi connectivity index (χ0n) is 11.2. The van der Waals surface area contributed by atoms with Crippen LogP contribution in [0.1, 0.15) is 31.7 Å². The first-order valence-electron chi connectivity index (χ1n) is 6.78. The van der Waals surface area contributed by atoms with Crippen molar-refractivity contribution >= 4 is 11.4 Å². The van der Waals surface area contributed by atoms with Crippen molar-refractivity contribution in [2.24, 2.45) is 5.92 Å². The van der Waals surface area contributed by atoms with Crippen LogP contribution < -0.4 is 4.90 Å². The maximum atomic E-state index is 11.2. The van der Waals surface area contributed by atoms with Gasteiger partial charge in [0, 0.05) is 19.2 Å². The first-order valence-corrected chi connectivity index (χ1v) is 6.78. The maximum absolute atomic E-state index is 11.2. The molecule has 1 saturated carbocycles. The number of benzene rings is 1. The van der Waals surface area contributed by atoms with Crippen LogP contribution in [0.15, 0.2) is 18.2 Å². The predicted octanol–water partition coefficient (Wildman–Crippen LogP) is 2.71. The van der Waals surface area contributed by atoms with E-state index in [2.05, 4.69) is 4.90 Å². The molecule has 1 aromatic carbocycles. The fourth-order valence-corrected chi connectivity index (χ4v) is 2.47. The summed E-state index contributed by atoms with van der Waals surface area (Å²) in [6.45, 7) is 3.49. The third kappa shape index (κ3) is 3.04. The van der Waals surface area contributed by atoms with Crippen LogP contribution in [0.25, 0.3) is 0 Å². The van der Waals surface area contributed by atoms with Crippen LogP contribution in [0.5, 0.6) is 0 Å². The van der Waals surface area contributed by atoms with Gasteiger partial charge in [0.05, 0.1) is 11.5 Å². The number of nitro benzene ring substituents is 1. The number of hydrogen-bond acceptors (Lipinski definition) is 4. The Morgan fingerprint density at radius 1 is 1.47 bits per heavy atom. The number of nitrogens with zero attached hydrogens (tertiary/aromatic N) is 2. The molecule has 0 bridgehead atoms. The van der Waals surface area contributed by atoms with E-state index in [1.807, 2.05) is 6.92 Å². The van der Waals surface area contributed by atoms with Crippen molar-refractivity contribution in [3.8, 4) is 0 Å². The van der Waals surface area contributed by atoms with Crippen molar-refractivity contribution in [3.05, 3.63) is 33.9 Å². The van der Waals surface area contributed by atoms with Gasteiger partial charge in [-0.25, -0.2) is 0 Å². The third-order valence-electron chi connectivity index (χ3n) is 3.84. The molecular weight excluding hydrogens is 244 g/mol. The van der Waals surface area contributed by atoms with E-state index < -0.39 is 0 Å². The SMILES string of the molecule is CCN(CC1CCC1)c1ccc(CO)cc1[N+](=O)[O-]. The van der Waals surface area contributed by atoms with Crippen LogP contribution in [-0.2, 0) is 6.61 Å². The molecule has 1 aliphatic carbocycles. The molecule has 0 radical (unpaired) electrons. The van der Waals surface area contributed by atoms with Crippen molar-refractivity contribution in [1.82, 2.24) is 0 Å². The quantitative estimate of drug-likeness (QED) is 0.633. The van der Waals surface area contributed by atoms with Gasteiger partial charge in [-0.05, 0) is 37.3 Å². The van der Waals surface area contributed by atoms with Crippen LogP contribution in [0.4, 0.5) is 11.4 Å². The van der Waals surface area contributed by atoms with E-state index >= 15 is 0 Å². The lowest BCUT2D eigenvalue weighted by atomic mass is 9.85. The van der Waals surface area contributed by atoms with Gasteiger partial charge in [-0.15, -0.1) is 0 Å². The molecule has 5 heteroatoms. The summed E-state index contributed by atoms with van der Waals surface area (Å²) in [5, 5.41) is 20.3. The number of aliphatic hydroxyl groups excluding tert-OH is 1. The molecule has 1 fully saturated rings. The molecule has 5 nitrogen and oxygen atoms in total. The Balaban J connectivity index is 2.26. The summed E-state index contributed by atoms with van der Waals surface area (Å²) in [5.74, 6) is 0.664. The van der Waals surface area contributed by atoms with E-state index in [0.717, 1.165) is 13.1 Å². The monoisotopic (exact) mass is 264 g/mol. The van der Waals surface area contributed by atoms with Gasteiger partial charge in [-0.2, -0.15) is 0 Å². The van der Waals surface area contributed by atoms with Gasteiger partial charge in [-0.3, -0.25) is 10.1 Å². The van der Waals surface area contributed by atoms with Gasteiger partial charge in [-0.1, -0.05) is 12.5 Å². The number of aliphatic hydroxyl groups is 1. The average Bonchev–Trinajstić information content (AvgIpc) is 2.37. The highest BCUT2D eigenvalue weighted by Gasteiger charge is 2.24. The summed E-state index contributed by atoms with van der Waals surface area (Å²) in [5.41, 5.74) is 1.33. The lowest BCUT2D eigenvalue weighted by molar-refractivity contribution is -0.384. The Kier molecular flexibility index (Phi) is 4.37. The summed E-state index contributed by atoms with van der Waals surface area (Å²) >= 11 is 0. The smallest absolute Gasteiger partial charge is 0.292 e. The van der Waals surface area contributed by atoms with Crippen LogP contribution in [-0.4, -0.2) is 23.1 Å². The second-order valence-electron chi connectivity index (χ2n) is 5.07. The fourth-order valence-electron chi connectivity index (χ4n) is 2.47. The summed E-state index contributed by atoms with van der Waals surface area (Å²) < 4.78 is 0. The van der Waals surface area contributed by atoms with E-state index in [-0.39, 0.29) is 17.2 Å². The molecule has 19 heavy (non-hydrogen) atoms. The van der Waals surface area contributed by atoms with Crippen LogP contribution in [0.3, 0.4) is 0 Å². The van der Waals surface area contributed by atoms with Gasteiger partial charge in [0.25, 0.3) is 5.69 Å². The highest BCUT2D eigenvalue weighted by molar-refractivity contribution is 5.64. The molecule has 0 aromatic heterocycles. The molecular formula is C14H20N2O3. The van der Waals surface area contributed by atoms with Gasteiger partial charge in [0.2, 0.25) is 0 Å². The third-order valence-corrected chi connectivity index (χ3v) is 3.84. The minimum absolute atomic E-state index is 0.0905. The summed E-state index contributed by atoms with van der Waals surface area (Å²) in [7, 11) is 0. The summed E-state index contributed by atoms with van der Waals surface area (Å²) in [6.07, 6.45) is 3.71. The van der Waals surface area contributed by atoms with Crippen LogP contribution in [0.2, 0.25) is 0 Å². The Hall–Kier alpha value is -1.62. The second kappa shape index (κ2) is 6.02. The van der Waals surface area contributed by atoms with E-state index in [0.29, 0.717) is 17.2 Å². The first-order chi connectivity index (χ1) is 9.15. The van der Waals surface area contributed by atoms with Crippen molar-refractivity contribution < 1.29 is 10.0 Å². The lowest BCUT2D eigenvalue weighted by Crippen LogP contribution is -2.32. The number of nitro groups is 1. The van der Waals surface area contributed by atoms with Crippen molar-refractivity contribution in [2.45, 2.75) is 32.8 Å². The van der Waals surface area contributed by atoms with Gasteiger partial charge >= 0.3 is 0 Å². The fraction of sp³-hybridized carbons (Fsp3) is 0.571. The van der Waals surface area contributed by atoms with E-state index in [4.69, 9.17) is 5.11 Å². The average molecular weight is 264 g/mol. The first kappa shape index (κ1) is 13.8. The molecule has 0 atom stereocenters. The predicted molar refractivity (Wildman–Crippen MR) is 74.2 cm³/mol. The van der Waals surface area contributed by atoms with Gasteiger partial charge in [0.15, 0.2) is 0 Å². The lowest BCUT2D eigenvalue weighted by Gasteiger charge is -2.32. The maximum Gasteiger partial charge on any atom is 0.292 e. The second-order valence-corrected chi connectivity index (χ2v) is 5.07. The van der Waals surface area contributed by atoms with Gasteiger partial charge < -0.3 is 10.0 Å². The number of anilines is 1. The Bertz CT molecular complexity index is 458. The number of hydrogen-bond donors (Lipinski definition) is 1. The Morgan fingerprint density at radius 2 is 2.21 bits per heavy atom. The molecule has 1 aromatic rings. The highest BCUT2D eigenvalue weighted by Crippen LogP contribution is 2.33. The van der Waals surface area contributed by atoms with Crippen LogP contribution >= 0.6 is 0 Å². The molecule has 0 saturated heterocycles. The van der Waals surface area contributed by atoms with E-state index in [9.17, 15) is 10.1 Å². The molecule has 0 unspecified atom stereocenters. The van der Waals surface area contributed by atoms with Gasteiger partial charge in [0.1, 0.15) is 5.69 Å². The topological polar surface area (TPSA) is 66.6 Å². The molecule has 2 rings (SSSR count). The minimum Gasteiger partial charge on any atom is -0.392 e. The molecule has 104 valence electrons. The molecule has 1 N–H and O–H groups in total. The van der Waals surface area contributed by atoms with E-state index in [1.165, 1.54) is 25.3 Å². The standard InChI is InChI=1S/C14H20N2O3/c1-2-15(9-11-4-3-5-11)13-7-6-12(10-17)8-14(13)16(18)19/h6-8,11,17H,2-5,9-10H2,1H3. The molecule has 0 aliphatic heterocycles. The van der Waals surface area contributed by atoms with E-state index in [1.54, 1.807) is 12.1 Å². The summed E-state index contributed by atoms with van der Waals surface area (Å²) in [6, 6.07) is 4.98.